The summed E-state index contributed by atoms with van der Waals surface area (Å²) in [7, 11) is 1.91. The van der Waals surface area contributed by atoms with Gasteiger partial charge in [0.05, 0.1) is 0 Å². The molecule has 180 valence electrons. The maximum atomic E-state index is 11.5. The Bertz CT molecular complexity index is 337. The second kappa shape index (κ2) is 26.4. The molecule has 30 heavy (non-hydrogen) atoms. The third-order valence-corrected chi connectivity index (χ3v) is 5.76. The van der Waals surface area contributed by atoms with Gasteiger partial charge in [-0.05, 0) is 32.9 Å². The highest BCUT2D eigenvalue weighted by Crippen LogP contribution is 2.13. The standard InChI is InChI=1S/C26H54N2O2/c1-3-4-5-6-7-8-9-10-11-12-13-14-15-16-17-18-24-30-25-20-23-28-26(29)21-19-22-27-2/h27H,3-25H2,1-2H3,(H,28,29). The molecule has 2 N–H and O–H groups in total. The average Bonchev–Trinajstić information content (AvgIpc) is 2.75. The first-order valence-electron chi connectivity index (χ1n) is 13.3. The molecule has 0 aromatic rings. The number of hydrogen-bond donors (Lipinski definition) is 2. The van der Waals surface area contributed by atoms with E-state index in [0.29, 0.717) is 6.42 Å². The molecular weight excluding hydrogens is 372 g/mol. The molecule has 0 bridgehead atoms. The maximum Gasteiger partial charge on any atom is 0.220 e. The van der Waals surface area contributed by atoms with Crippen LogP contribution in [-0.4, -0.2) is 39.3 Å². The van der Waals surface area contributed by atoms with Gasteiger partial charge in [0.1, 0.15) is 0 Å². The normalized spacial score (nSPS) is 11.1. The van der Waals surface area contributed by atoms with Gasteiger partial charge in [0.15, 0.2) is 0 Å². The van der Waals surface area contributed by atoms with Gasteiger partial charge in [-0.25, -0.2) is 0 Å². The van der Waals surface area contributed by atoms with E-state index in [1.165, 1.54) is 103 Å². The summed E-state index contributed by atoms with van der Waals surface area (Å²) < 4.78 is 5.67. The van der Waals surface area contributed by atoms with E-state index in [0.717, 1.165) is 39.1 Å². The highest BCUT2D eigenvalue weighted by atomic mass is 16.5. The summed E-state index contributed by atoms with van der Waals surface area (Å²) in [6.45, 7) is 5.55. The van der Waals surface area contributed by atoms with E-state index in [1.807, 2.05) is 7.05 Å². The quantitative estimate of drug-likeness (QED) is 0.158. The molecule has 0 saturated carbocycles. The molecule has 4 heteroatoms. The van der Waals surface area contributed by atoms with Crippen molar-refractivity contribution in [1.82, 2.24) is 10.6 Å². The van der Waals surface area contributed by atoms with Crippen molar-refractivity contribution in [2.24, 2.45) is 0 Å². The van der Waals surface area contributed by atoms with E-state index in [4.69, 9.17) is 4.74 Å². The molecule has 0 rings (SSSR count). The number of rotatable bonds is 25. The minimum Gasteiger partial charge on any atom is -0.381 e. The van der Waals surface area contributed by atoms with Gasteiger partial charge < -0.3 is 15.4 Å². The predicted molar refractivity (Wildman–Crippen MR) is 131 cm³/mol. The van der Waals surface area contributed by atoms with Gasteiger partial charge in [-0.2, -0.15) is 0 Å². The van der Waals surface area contributed by atoms with Crippen LogP contribution in [0.4, 0.5) is 0 Å². The van der Waals surface area contributed by atoms with Gasteiger partial charge in [-0.3, -0.25) is 4.79 Å². The van der Waals surface area contributed by atoms with Crippen molar-refractivity contribution in [3.05, 3.63) is 0 Å². The Labute approximate surface area is 188 Å². The van der Waals surface area contributed by atoms with Crippen molar-refractivity contribution in [3.8, 4) is 0 Å². The van der Waals surface area contributed by atoms with Crippen LogP contribution in [0.1, 0.15) is 129 Å². The summed E-state index contributed by atoms with van der Waals surface area (Å²) in [5.41, 5.74) is 0. The fraction of sp³-hybridized carbons (Fsp3) is 0.962. The minimum absolute atomic E-state index is 0.156. The van der Waals surface area contributed by atoms with Gasteiger partial charge in [0.25, 0.3) is 0 Å². The van der Waals surface area contributed by atoms with Gasteiger partial charge in [-0.15, -0.1) is 0 Å². The lowest BCUT2D eigenvalue weighted by molar-refractivity contribution is -0.121. The number of amides is 1. The van der Waals surface area contributed by atoms with Crippen LogP contribution in [0.5, 0.6) is 0 Å². The van der Waals surface area contributed by atoms with E-state index < -0.39 is 0 Å². The number of nitrogens with one attached hydrogen (secondary N) is 2. The summed E-state index contributed by atoms with van der Waals surface area (Å²) in [5.74, 6) is 0.156. The first-order chi connectivity index (χ1) is 14.8. The van der Waals surface area contributed by atoms with Crippen molar-refractivity contribution in [2.45, 2.75) is 129 Å². The highest BCUT2D eigenvalue weighted by molar-refractivity contribution is 5.75. The number of carbonyl (C=O) groups excluding carboxylic acids is 1. The van der Waals surface area contributed by atoms with Crippen LogP contribution < -0.4 is 10.6 Å². The topological polar surface area (TPSA) is 50.4 Å². The van der Waals surface area contributed by atoms with E-state index >= 15 is 0 Å². The monoisotopic (exact) mass is 426 g/mol. The molecule has 0 aliphatic heterocycles. The molecule has 0 aromatic heterocycles. The summed E-state index contributed by atoms with van der Waals surface area (Å²) in [4.78, 5) is 11.5. The SMILES string of the molecule is CCCCCCCCCCCCCCCCCCOCCCNC(=O)CCCNC. The number of hydrogen-bond acceptors (Lipinski definition) is 3. The molecule has 0 atom stereocenters. The second-order valence-corrected chi connectivity index (χ2v) is 8.83. The van der Waals surface area contributed by atoms with Crippen molar-refractivity contribution in [1.29, 1.82) is 0 Å². The van der Waals surface area contributed by atoms with Crippen LogP contribution in [0.25, 0.3) is 0 Å². The minimum atomic E-state index is 0.156. The molecule has 0 aliphatic rings. The van der Waals surface area contributed by atoms with Crippen molar-refractivity contribution in [3.63, 3.8) is 0 Å². The van der Waals surface area contributed by atoms with Gasteiger partial charge in [0.2, 0.25) is 5.91 Å². The van der Waals surface area contributed by atoms with Gasteiger partial charge in [-0.1, -0.05) is 103 Å². The molecule has 1 amide bonds. The molecule has 0 radical (unpaired) electrons. The third-order valence-electron chi connectivity index (χ3n) is 5.76. The number of carbonyl (C=O) groups is 1. The Kier molecular flexibility index (Phi) is 25.9. The van der Waals surface area contributed by atoms with E-state index in [1.54, 1.807) is 0 Å². The van der Waals surface area contributed by atoms with Crippen LogP contribution in [0.3, 0.4) is 0 Å². The van der Waals surface area contributed by atoms with Crippen molar-refractivity contribution in [2.75, 3.05) is 33.4 Å². The van der Waals surface area contributed by atoms with Crippen LogP contribution in [0.15, 0.2) is 0 Å². The smallest absolute Gasteiger partial charge is 0.220 e. The summed E-state index contributed by atoms with van der Waals surface area (Å²) in [6.07, 6.45) is 24.8. The molecule has 0 fully saturated rings. The largest absolute Gasteiger partial charge is 0.381 e. The Balaban J connectivity index is 3.06. The Morgan fingerprint density at radius 2 is 1.07 bits per heavy atom. The molecular formula is C26H54N2O2. The average molecular weight is 427 g/mol. The lowest BCUT2D eigenvalue weighted by atomic mass is 10.0. The third kappa shape index (κ3) is 25.4. The first kappa shape index (κ1) is 29.4. The predicted octanol–water partition coefficient (Wildman–Crippen LogP) is 6.77. The van der Waals surface area contributed by atoms with E-state index in [2.05, 4.69) is 17.6 Å². The molecule has 0 heterocycles. The summed E-state index contributed by atoms with van der Waals surface area (Å²) in [6, 6.07) is 0. The van der Waals surface area contributed by atoms with Crippen LogP contribution in [0.2, 0.25) is 0 Å². The number of ether oxygens (including phenoxy) is 1. The molecule has 0 spiro atoms. The zero-order chi connectivity index (χ0) is 22.0. The summed E-state index contributed by atoms with van der Waals surface area (Å²) >= 11 is 0. The fourth-order valence-corrected chi connectivity index (χ4v) is 3.77. The van der Waals surface area contributed by atoms with Crippen molar-refractivity contribution >= 4 is 5.91 Å². The van der Waals surface area contributed by atoms with Gasteiger partial charge in [0, 0.05) is 26.2 Å². The van der Waals surface area contributed by atoms with E-state index in [9.17, 15) is 4.79 Å². The second-order valence-electron chi connectivity index (χ2n) is 8.83. The lowest BCUT2D eigenvalue weighted by Gasteiger charge is -2.06. The van der Waals surface area contributed by atoms with Crippen molar-refractivity contribution < 1.29 is 9.53 Å². The van der Waals surface area contributed by atoms with Gasteiger partial charge >= 0.3 is 0 Å². The first-order valence-corrected chi connectivity index (χ1v) is 13.3. The van der Waals surface area contributed by atoms with Crippen LogP contribution >= 0.6 is 0 Å². The van der Waals surface area contributed by atoms with Crippen LogP contribution in [0, 0.1) is 0 Å². The molecule has 4 nitrogen and oxygen atoms in total. The lowest BCUT2D eigenvalue weighted by Crippen LogP contribution is -2.25. The fourth-order valence-electron chi connectivity index (χ4n) is 3.77. The molecule has 0 unspecified atom stereocenters. The molecule has 0 aliphatic carbocycles. The summed E-state index contributed by atoms with van der Waals surface area (Å²) in [5, 5.41) is 6.01. The Hall–Kier alpha value is -0.610. The highest BCUT2D eigenvalue weighted by Gasteiger charge is 1.99. The maximum absolute atomic E-state index is 11.5. The molecule has 0 saturated heterocycles. The van der Waals surface area contributed by atoms with E-state index in [-0.39, 0.29) is 5.91 Å². The number of unbranched alkanes of at least 4 members (excludes halogenated alkanes) is 15. The molecule has 0 aromatic carbocycles. The zero-order valence-corrected chi connectivity index (χ0v) is 20.6. The van der Waals surface area contributed by atoms with Crippen LogP contribution in [-0.2, 0) is 9.53 Å². The Morgan fingerprint density at radius 1 is 0.600 bits per heavy atom. The Morgan fingerprint density at radius 3 is 1.57 bits per heavy atom. The zero-order valence-electron chi connectivity index (χ0n) is 20.6.